The summed E-state index contributed by atoms with van der Waals surface area (Å²) < 4.78 is 11.6. The Morgan fingerprint density at radius 3 is 2.43 bits per heavy atom. The fourth-order valence-electron chi connectivity index (χ4n) is 1.92. The topological polar surface area (TPSA) is 34.7 Å². The van der Waals surface area contributed by atoms with Gasteiger partial charge in [0, 0.05) is 0 Å². The molecular formula is C17H23NO2Si. The van der Waals surface area contributed by atoms with Gasteiger partial charge in [0.15, 0.2) is 8.32 Å². The number of rotatable bonds is 6. The molecule has 2 aromatic rings. The fourth-order valence-corrected chi connectivity index (χ4v) is 2.57. The molecule has 0 aliphatic rings. The van der Waals surface area contributed by atoms with Crippen molar-refractivity contribution in [1.29, 1.82) is 0 Å². The average Bonchev–Trinajstić information content (AvgIpc) is 2.84. The maximum Gasteiger partial charge on any atom is 0.183 e. The van der Waals surface area contributed by atoms with Gasteiger partial charge in [-0.25, -0.2) is 0 Å². The smallest absolute Gasteiger partial charge is 0.183 e. The Bertz CT molecular complexity index is 584. The van der Waals surface area contributed by atoms with Crippen molar-refractivity contribution in [2.75, 3.05) is 6.61 Å². The highest BCUT2D eigenvalue weighted by atomic mass is 28.4. The molecule has 1 aromatic carbocycles. The Hall–Kier alpha value is -1.65. The summed E-state index contributed by atoms with van der Waals surface area (Å²) in [5, 5.41) is 0. The van der Waals surface area contributed by atoms with E-state index < -0.39 is 8.32 Å². The lowest BCUT2D eigenvalue weighted by Gasteiger charge is -2.21. The van der Waals surface area contributed by atoms with Gasteiger partial charge in [0.1, 0.15) is 11.5 Å². The molecule has 0 saturated carbocycles. The maximum atomic E-state index is 6.03. The number of hydrogen-bond acceptors (Lipinski definition) is 3. The molecule has 21 heavy (non-hydrogen) atoms. The fraction of sp³-hybridized carbons (Fsp3) is 0.353. The zero-order valence-corrected chi connectivity index (χ0v) is 14.2. The Kier molecular flexibility index (Phi) is 5.15. The van der Waals surface area contributed by atoms with E-state index in [9.17, 15) is 0 Å². The highest BCUT2D eigenvalue weighted by Crippen LogP contribution is 2.20. The normalized spacial score (nSPS) is 13.7. The number of benzene rings is 1. The molecule has 0 N–H and O–H groups in total. The SMILES string of the molecule is Cc1ccc(/C=N/[C@@H](CO[Si](C)(C)C)c2ccccc2)o1. The summed E-state index contributed by atoms with van der Waals surface area (Å²) in [5.74, 6) is 1.67. The van der Waals surface area contributed by atoms with Gasteiger partial charge in [0.2, 0.25) is 0 Å². The highest BCUT2D eigenvalue weighted by Gasteiger charge is 2.18. The standard InChI is InChI=1S/C17H23NO2Si/c1-14-10-11-16(20-14)12-18-17(13-19-21(2,3)4)15-8-6-5-7-9-15/h5-12,17H,13H2,1-4H3/b18-12+/t17-/m0/s1. The van der Waals surface area contributed by atoms with Gasteiger partial charge in [-0.2, -0.15) is 0 Å². The van der Waals surface area contributed by atoms with Crippen molar-refractivity contribution in [1.82, 2.24) is 0 Å². The first-order chi connectivity index (χ1) is 9.94. The van der Waals surface area contributed by atoms with Gasteiger partial charge in [-0.15, -0.1) is 0 Å². The minimum Gasteiger partial charge on any atom is -0.460 e. The third-order valence-corrected chi connectivity index (χ3v) is 4.03. The van der Waals surface area contributed by atoms with Crippen LogP contribution in [0.2, 0.25) is 19.6 Å². The van der Waals surface area contributed by atoms with Crippen molar-refractivity contribution in [3.05, 3.63) is 59.5 Å². The maximum absolute atomic E-state index is 6.03. The van der Waals surface area contributed by atoms with Gasteiger partial charge >= 0.3 is 0 Å². The molecule has 0 fully saturated rings. The number of aliphatic imine (C=N–C) groups is 1. The molecule has 0 bridgehead atoms. The van der Waals surface area contributed by atoms with Crippen LogP contribution in [0, 0.1) is 6.92 Å². The molecule has 0 spiro atoms. The average molecular weight is 301 g/mol. The van der Waals surface area contributed by atoms with Crippen LogP contribution in [-0.2, 0) is 4.43 Å². The number of aryl methyl sites for hydroxylation is 1. The summed E-state index contributed by atoms with van der Waals surface area (Å²) in [7, 11) is -1.55. The second kappa shape index (κ2) is 6.87. The van der Waals surface area contributed by atoms with Crippen molar-refractivity contribution in [2.24, 2.45) is 4.99 Å². The molecule has 0 aliphatic carbocycles. The van der Waals surface area contributed by atoms with Crippen LogP contribution in [0.15, 0.2) is 51.9 Å². The molecule has 1 aromatic heterocycles. The highest BCUT2D eigenvalue weighted by molar-refractivity contribution is 6.69. The van der Waals surface area contributed by atoms with E-state index in [0.717, 1.165) is 17.1 Å². The Morgan fingerprint density at radius 1 is 1.14 bits per heavy atom. The molecule has 3 nitrogen and oxygen atoms in total. The van der Waals surface area contributed by atoms with Crippen molar-refractivity contribution in [3.8, 4) is 0 Å². The van der Waals surface area contributed by atoms with Crippen LogP contribution in [-0.4, -0.2) is 21.1 Å². The molecule has 1 heterocycles. The van der Waals surface area contributed by atoms with E-state index in [4.69, 9.17) is 8.84 Å². The van der Waals surface area contributed by atoms with Crippen LogP contribution >= 0.6 is 0 Å². The van der Waals surface area contributed by atoms with Crippen LogP contribution in [0.5, 0.6) is 0 Å². The van der Waals surface area contributed by atoms with E-state index in [2.05, 4.69) is 36.8 Å². The third kappa shape index (κ3) is 5.32. The zero-order valence-electron chi connectivity index (χ0n) is 13.2. The van der Waals surface area contributed by atoms with Crippen molar-refractivity contribution >= 4 is 14.5 Å². The zero-order chi connectivity index (χ0) is 15.3. The van der Waals surface area contributed by atoms with E-state index in [-0.39, 0.29) is 6.04 Å². The molecule has 4 heteroatoms. The Balaban J connectivity index is 2.13. The van der Waals surface area contributed by atoms with Crippen LogP contribution in [0.1, 0.15) is 23.1 Å². The number of hydrogen-bond donors (Lipinski definition) is 0. The minimum absolute atomic E-state index is 0.00308. The molecule has 2 rings (SSSR count). The summed E-state index contributed by atoms with van der Waals surface area (Å²) in [6.45, 7) is 9.11. The number of furan rings is 1. The van der Waals surface area contributed by atoms with Crippen LogP contribution in [0.3, 0.4) is 0 Å². The molecule has 0 aliphatic heterocycles. The van der Waals surface area contributed by atoms with E-state index in [0.29, 0.717) is 6.61 Å². The summed E-state index contributed by atoms with van der Waals surface area (Å²) >= 11 is 0. The second-order valence-electron chi connectivity index (χ2n) is 6.08. The molecule has 0 amide bonds. The largest absolute Gasteiger partial charge is 0.460 e. The second-order valence-corrected chi connectivity index (χ2v) is 10.6. The molecule has 0 saturated heterocycles. The van der Waals surface area contributed by atoms with E-state index in [1.54, 1.807) is 6.21 Å². The predicted octanol–water partition coefficient (Wildman–Crippen LogP) is 4.60. The van der Waals surface area contributed by atoms with Gasteiger partial charge in [0.25, 0.3) is 0 Å². The van der Waals surface area contributed by atoms with Gasteiger partial charge in [0.05, 0.1) is 18.9 Å². The minimum atomic E-state index is -1.55. The summed E-state index contributed by atoms with van der Waals surface area (Å²) in [4.78, 5) is 4.66. The Morgan fingerprint density at radius 2 is 1.86 bits per heavy atom. The summed E-state index contributed by atoms with van der Waals surface area (Å²) in [5.41, 5.74) is 1.16. The molecule has 1 atom stereocenters. The molecule has 0 radical (unpaired) electrons. The molecule has 0 unspecified atom stereocenters. The monoisotopic (exact) mass is 301 g/mol. The molecule has 112 valence electrons. The Labute approximate surface area is 127 Å². The predicted molar refractivity (Wildman–Crippen MR) is 89.5 cm³/mol. The summed E-state index contributed by atoms with van der Waals surface area (Å²) in [6, 6.07) is 14.1. The molecular weight excluding hydrogens is 278 g/mol. The van der Waals surface area contributed by atoms with E-state index >= 15 is 0 Å². The number of nitrogens with zero attached hydrogens (tertiary/aromatic N) is 1. The van der Waals surface area contributed by atoms with E-state index in [1.165, 1.54) is 0 Å². The lowest BCUT2D eigenvalue weighted by atomic mass is 10.1. The quantitative estimate of drug-likeness (QED) is 0.577. The van der Waals surface area contributed by atoms with Gasteiger partial charge in [-0.3, -0.25) is 4.99 Å². The third-order valence-electron chi connectivity index (χ3n) is 3.00. The van der Waals surface area contributed by atoms with Crippen LogP contribution < -0.4 is 0 Å². The van der Waals surface area contributed by atoms with Crippen molar-refractivity contribution in [2.45, 2.75) is 32.6 Å². The van der Waals surface area contributed by atoms with Gasteiger partial charge in [-0.05, 0) is 44.3 Å². The van der Waals surface area contributed by atoms with Crippen LogP contribution in [0.4, 0.5) is 0 Å². The first kappa shape index (κ1) is 15.7. The van der Waals surface area contributed by atoms with Crippen molar-refractivity contribution < 1.29 is 8.84 Å². The van der Waals surface area contributed by atoms with Crippen molar-refractivity contribution in [3.63, 3.8) is 0 Å². The first-order valence-electron chi connectivity index (χ1n) is 7.22. The van der Waals surface area contributed by atoms with Gasteiger partial charge < -0.3 is 8.84 Å². The van der Waals surface area contributed by atoms with Gasteiger partial charge in [-0.1, -0.05) is 30.3 Å². The summed E-state index contributed by atoms with van der Waals surface area (Å²) in [6.07, 6.45) is 1.79. The van der Waals surface area contributed by atoms with E-state index in [1.807, 2.05) is 37.3 Å². The lowest BCUT2D eigenvalue weighted by Crippen LogP contribution is -2.27. The lowest BCUT2D eigenvalue weighted by molar-refractivity contribution is 0.285. The van der Waals surface area contributed by atoms with Crippen LogP contribution in [0.25, 0.3) is 0 Å². The first-order valence-corrected chi connectivity index (χ1v) is 10.6.